The molecule has 2 heterocycles. The van der Waals surface area contributed by atoms with E-state index in [1.165, 1.54) is 24.0 Å². The second kappa shape index (κ2) is 8.84. The Labute approximate surface area is 166 Å². The van der Waals surface area contributed by atoms with Gasteiger partial charge in [-0.15, -0.1) is 0 Å². The quantitative estimate of drug-likeness (QED) is 0.776. The van der Waals surface area contributed by atoms with Crippen LogP contribution < -0.4 is 5.32 Å². The maximum atomic E-state index is 12.8. The molecule has 1 saturated heterocycles. The van der Waals surface area contributed by atoms with Crippen LogP contribution in [0.4, 0.5) is 0 Å². The van der Waals surface area contributed by atoms with E-state index < -0.39 is 6.10 Å². The maximum Gasteiger partial charge on any atom is 0.220 e. The number of aliphatic hydroxyl groups is 1. The lowest BCUT2D eigenvalue weighted by Crippen LogP contribution is -2.47. The van der Waals surface area contributed by atoms with Crippen molar-refractivity contribution in [2.24, 2.45) is 5.92 Å². The van der Waals surface area contributed by atoms with Crippen LogP contribution in [0.2, 0.25) is 0 Å². The van der Waals surface area contributed by atoms with Gasteiger partial charge in [0.05, 0.1) is 6.04 Å². The van der Waals surface area contributed by atoms with Crippen molar-refractivity contribution in [3.8, 4) is 0 Å². The monoisotopic (exact) mass is 379 g/mol. The molecule has 0 saturated carbocycles. The number of hydrogen-bond acceptors (Lipinski definition) is 4. The minimum Gasteiger partial charge on any atom is -0.386 e. The summed E-state index contributed by atoms with van der Waals surface area (Å²) in [6.07, 6.45) is 7.43. The van der Waals surface area contributed by atoms with Gasteiger partial charge < -0.3 is 15.3 Å². The zero-order chi connectivity index (χ0) is 19.3. The highest BCUT2D eigenvalue weighted by Crippen LogP contribution is 2.28. The molecule has 0 unspecified atom stereocenters. The van der Waals surface area contributed by atoms with Crippen molar-refractivity contribution in [1.29, 1.82) is 0 Å². The number of fused-ring (bicyclic) bond motifs is 1. The van der Waals surface area contributed by atoms with Gasteiger partial charge in [-0.1, -0.05) is 30.3 Å². The van der Waals surface area contributed by atoms with Gasteiger partial charge in [-0.2, -0.15) is 0 Å². The number of benzene rings is 1. The number of rotatable bonds is 7. The van der Waals surface area contributed by atoms with Gasteiger partial charge in [-0.3, -0.25) is 9.78 Å². The van der Waals surface area contributed by atoms with Crippen LogP contribution in [0.5, 0.6) is 0 Å². The van der Waals surface area contributed by atoms with E-state index in [1.54, 1.807) is 12.4 Å². The lowest BCUT2D eigenvalue weighted by atomic mass is 9.99. The normalized spacial score (nSPS) is 19.3. The number of likely N-dealkylation sites (tertiary alicyclic amines) is 1. The summed E-state index contributed by atoms with van der Waals surface area (Å²) in [7, 11) is 0. The van der Waals surface area contributed by atoms with Crippen LogP contribution >= 0.6 is 0 Å². The fraction of sp³-hybridized carbons (Fsp3) is 0.478. The molecule has 1 fully saturated rings. The number of nitrogens with one attached hydrogen (secondary N) is 1. The van der Waals surface area contributed by atoms with Crippen LogP contribution in [-0.2, 0) is 17.6 Å². The van der Waals surface area contributed by atoms with Gasteiger partial charge >= 0.3 is 0 Å². The Hall–Kier alpha value is -2.24. The van der Waals surface area contributed by atoms with Crippen molar-refractivity contribution >= 4 is 5.91 Å². The highest BCUT2D eigenvalue weighted by molar-refractivity contribution is 5.77. The first kappa shape index (κ1) is 19.1. The summed E-state index contributed by atoms with van der Waals surface area (Å²) in [6, 6.07) is 11.8. The number of carbonyl (C=O) groups excluding carboxylic acids is 1. The number of amides is 1. The molecule has 2 atom stereocenters. The summed E-state index contributed by atoms with van der Waals surface area (Å²) in [5, 5.41) is 14.0. The van der Waals surface area contributed by atoms with Gasteiger partial charge in [0.15, 0.2) is 0 Å². The summed E-state index contributed by atoms with van der Waals surface area (Å²) in [5.41, 5.74) is 3.48. The number of aliphatic hydroxyl groups excluding tert-OH is 1. The molecule has 5 nitrogen and oxygen atoms in total. The van der Waals surface area contributed by atoms with E-state index in [1.807, 2.05) is 12.1 Å². The third kappa shape index (κ3) is 4.59. The highest BCUT2D eigenvalue weighted by Gasteiger charge is 2.29. The van der Waals surface area contributed by atoms with Crippen LogP contribution in [0, 0.1) is 5.92 Å². The SMILES string of the molecule is O=C(CC1Cc2ccccc2C1)N[C@H](CN1CCCC1)[C@H](O)c1cccnc1. The van der Waals surface area contributed by atoms with Crippen LogP contribution in [-0.4, -0.2) is 46.6 Å². The summed E-state index contributed by atoms with van der Waals surface area (Å²) in [5.74, 6) is 0.380. The van der Waals surface area contributed by atoms with E-state index in [9.17, 15) is 9.90 Å². The van der Waals surface area contributed by atoms with E-state index in [-0.39, 0.29) is 11.9 Å². The molecule has 1 aliphatic heterocycles. The van der Waals surface area contributed by atoms with E-state index in [2.05, 4.69) is 39.5 Å². The molecule has 0 spiro atoms. The molecule has 1 amide bonds. The van der Waals surface area contributed by atoms with E-state index in [4.69, 9.17) is 0 Å². The lowest BCUT2D eigenvalue weighted by molar-refractivity contribution is -0.123. The Morgan fingerprint density at radius 1 is 1.14 bits per heavy atom. The van der Waals surface area contributed by atoms with Gasteiger partial charge in [-0.25, -0.2) is 0 Å². The molecule has 0 radical (unpaired) electrons. The standard InChI is InChI=1S/C23H29N3O2/c27-22(14-17-12-18-6-1-2-7-19(18)13-17)25-21(16-26-10-3-4-11-26)23(28)20-8-5-9-24-15-20/h1-2,5-9,15,17,21,23,28H,3-4,10-14,16H2,(H,25,27)/t21-,23-/m1/s1. The first-order valence-corrected chi connectivity index (χ1v) is 10.4. The fourth-order valence-corrected chi connectivity index (χ4v) is 4.57. The summed E-state index contributed by atoms with van der Waals surface area (Å²) >= 11 is 0. The molecule has 2 aromatic rings. The number of pyridine rings is 1. The molecule has 2 aliphatic rings. The minimum atomic E-state index is -0.751. The second-order valence-electron chi connectivity index (χ2n) is 8.16. The van der Waals surface area contributed by atoms with Crippen LogP contribution in [0.3, 0.4) is 0 Å². The van der Waals surface area contributed by atoms with Crippen molar-refractivity contribution in [2.75, 3.05) is 19.6 Å². The van der Waals surface area contributed by atoms with Crippen molar-refractivity contribution in [2.45, 2.75) is 44.2 Å². The predicted octanol–water partition coefficient (Wildman–Crippen LogP) is 2.50. The Bertz CT molecular complexity index is 764. The Balaban J connectivity index is 1.39. The van der Waals surface area contributed by atoms with E-state index >= 15 is 0 Å². The first-order valence-electron chi connectivity index (χ1n) is 10.4. The van der Waals surface area contributed by atoms with E-state index in [0.29, 0.717) is 18.9 Å². The molecule has 2 N–H and O–H groups in total. The zero-order valence-corrected chi connectivity index (χ0v) is 16.3. The first-order chi connectivity index (χ1) is 13.7. The van der Waals surface area contributed by atoms with Gasteiger partial charge in [0, 0.05) is 30.9 Å². The molecule has 148 valence electrons. The van der Waals surface area contributed by atoms with Crippen molar-refractivity contribution in [1.82, 2.24) is 15.2 Å². The van der Waals surface area contributed by atoms with Gasteiger partial charge in [0.25, 0.3) is 0 Å². The highest BCUT2D eigenvalue weighted by atomic mass is 16.3. The summed E-state index contributed by atoms with van der Waals surface area (Å²) < 4.78 is 0. The van der Waals surface area contributed by atoms with Gasteiger partial charge in [-0.05, 0) is 61.9 Å². The third-order valence-corrected chi connectivity index (χ3v) is 6.02. The van der Waals surface area contributed by atoms with Crippen molar-refractivity contribution in [3.63, 3.8) is 0 Å². The third-order valence-electron chi connectivity index (χ3n) is 6.02. The summed E-state index contributed by atoms with van der Waals surface area (Å²) in [6.45, 7) is 2.74. The van der Waals surface area contributed by atoms with Crippen molar-refractivity contribution < 1.29 is 9.90 Å². The molecule has 28 heavy (non-hydrogen) atoms. The number of nitrogens with zero attached hydrogens (tertiary/aromatic N) is 2. The molecule has 1 aromatic carbocycles. The predicted molar refractivity (Wildman–Crippen MR) is 109 cm³/mol. The average Bonchev–Trinajstić information content (AvgIpc) is 3.36. The van der Waals surface area contributed by atoms with Gasteiger partial charge in [0.2, 0.25) is 5.91 Å². The number of carbonyl (C=O) groups is 1. The zero-order valence-electron chi connectivity index (χ0n) is 16.3. The largest absolute Gasteiger partial charge is 0.386 e. The van der Waals surface area contributed by atoms with Gasteiger partial charge in [0.1, 0.15) is 6.10 Å². The van der Waals surface area contributed by atoms with Crippen molar-refractivity contribution in [3.05, 3.63) is 65.5 Å². The van der Waals surface area contributed by atoms with Crippen LogP contribution in [0.1, 0.15) is 42.1 Å². The molecule has 1 aliphatic carbocycles. The average molecular weight is 380 g/mol. The number of hydrogen-bond donors (Lipinski definition) is 2. The smallest absolute Gasteiger partial charge is 0.220 e. The molecular weight excluding hydrogens is 350 g/mol. The maximum absolute atomic E-state index is 12.8. The Kier molecular flexibility index (Phi) is 6.03. The Morgan fingerprint density at radius 2 is 1.86 bits per heavy atom. The molecule has 0 bridgehead atoms. The lowest BCUT2D eigenvalue weighted by Gasteiger charge is -2.29. The van der Waals surface area contributed by atoms with Crippen LogP contribution in [0.25, 0.3) is 0 Å². The van der Waals surface area contributed by atoms with Crippen LogP contribution in [0.15, 0.2) is 48.8 Å². The Morgan fingerprint density at radius 3 is 2.50 bits per heavy atom. The molecule has 4 rings (SSSR count). The fourth-order valence-electron chi connectivity index (χ4n) is 4.57. The molecular formula is C23H29N3O2. The summed E-state index contributed by atoms with van der Waals surface area (Å²) in [4.78, 5) is 19.3. The topological polar surface area (TPSA) is 65.5 Å². The van der Waals surface area contributed by atoms with E-state index in [0.717, 1.165) is 31.5 Å². The number of aromatic nitrogens is 1. The molecule has 5 heteroatoms. The second-order valence-corrected chi connectivity index (χ2v) is 8.16. The minimum absolute atomic E-state index is 0.0324. The molecule has 1 aromatic heterocycles.